The van der Waals surface area contributed by atoms with Gasteiger partial charge in [0.15, 0.2) is 0 Å². The molecule has 1 saturated heterocycles. The molecule has 0 radical (unpaired) electrons. The van der Waals surface area contributed by atoms with Crippen LogP contribution in [0.5, 0.6) is 0 Å². The number of aliphatic hydroxyl groups excluding tert-OH is 1. The number of rotatable bonds is 2. The maximum absolute atomic E-state index is 10.3. The standard InChI is InChI=1S/C16H20N2O2/c1-12-9-15(13-5-2-3-6-14(13)17-12)18-8-4-7-16(20,10-18)11-19/h2-3,5-6,9,19-20H,4,7-8,10-11H2,1H3. The first-order chi connectivity index (χ1) is 9.61. The molecule has 1 aromatic heterocycles. The maximum atomic E-state index is 10.3. The predicted octanol–water partition coefficient (Wildman–Crippen LogP) is 1.87. The summed E-state index contributed by atoms with van der Waals surface area (Å²) >= 11 is 0. The van der Waals surface area contributed by atoms with E-state index < -0.39 is 5.60 Å². The monoisotopic (exact) mass is 272 g/mol. The molecule has 1 fully saturated rings. The number of pyridine rings is 1. The predicted molar refractivity (Wildman–Crippen MR) is 80.0 cm³/mol. The average molecular weight is 272 g/mol. The minimum atomic E-state index is -0.990. The summed E-state index contributed by atoms with van der Waals surface area (Å²) in [5.41, 5.74) is 2.05. The molecule has 1 aromatic carbocycles. The quantitative estimate of drug-likeness (QED) is 0.876. The molecule has 20 heavy (non-hydrogen) atoms. The lowest BCUT2D eigenvalue weighted by atomic mass is 9.93. The van der Waals surface area contributed by atoms with Gasteiger partial charge < -0.3 is 15.1 Å². The molecule has 3 rings (SSSR count). The molecular weight excluding hydrogens is 252 g/mol. The zero-order valence-corrected chi connectivity index (χ0v) is 11.7. The Morgan fingerprint density at radius 3 is 2.95 bits per heavy atom. The van der Waals surface area contributed by atoms with Crippen molar-refractivity contribution in [2.45, 2.75) is 25.4 Å². The molecule has 0 aliphatic carbocycles. The van der Waals surface area contributed by atoms with E-state index in [1.54, 1.807) is 0 Å². The van der Waals surface area contributed by atoms with Gasteiger partial charge in [-0.25, -0.2) is 0 Å². The van der Waals surface area contributed by atoms with Crippen LogP contribution in [0, 0.1) is 6.92 Å². The van der Waals surface area contributed by atoms with E-state index >= 15 is 0 Å². The van der Waals surface area contributed by atoms with Crippen LogP contribution in [0.1, 0.15) is 18.5 Å². The lowest BCUT2D eigenvalue weighted by Gasteiger charge is -2.39. The number of aryl methyl sites for hydroxylation is 1. The van der Waals surface area contributed by atoms with Crippen LogP contribution in [0.4, 0.5) is 5.69 Å². The summed E-state index contributed by atoms with van der Waals surface area (Å²) in [6.45, 7) is 3.16. The Bertz CT molecular complexity index is 629. The zero-order valence-electron chi connectivity index (χ0n) is 11.7. The first-order valence-corrected chi connectivity index (χ1v) is 7.06. The van der Waals surface area contributed by atoms with Crippen molar-refractivity contribution in [2.24, 2.45) is 0 Å². The first-order valence-electron chi connectivity index (χ1n) is 7.06. The van der Waals surface area contributed by atoms with E-state index in [0.717, 1.165) is 35.2 Å². The maximum Gasteiger partial charge on any atom is 0.105 e. The fraction of sp³-hybridized carbons (Fsp3) is 0.438. The lowest BCUT2D eigenvalue weighted by Crippen LogP contribution is -2.50. The van der Waals surface area contributed by atoms with Gasteiger partial charge in [0.05, 0.1) is 12.1 Å². The number of hydrogen-bond acceptors (Lipinski definition) is 4. The van der Waals surface area contributed by atoms with E-state index in [1.165, 1.54) is 0 Å². The number of nitrogens with zero attached hydrogens (tertiary/aromatic N) is 2. The fourth-order valence-corrected chi connectivity index (χ4v) is 2.99. The summed E-state index contributed by atoms with van der Waals surface area (Å²) in [6.07, 6.45) is 1.54. The number of anilines is 1. The van der Waals surface area contributed by atoms with Crippen LogP contribution in [0.3, 0.4) is 0 Å². The van der Waals surface area contributed by atoms with Crippen molar-refractivity contribution < 1.29 is 10.2 Å². The highest BCUT2D eigenvalue weighted by molar-refractivity contribution is 5.92. The normalized spacial score (nSPS) is 23.2. The third kappa shape index (κ3) is 2.37. The summed E-state index contributed by atoms with van der Waals surface area (Å²) in [5, 5.41) is 20.8. The van der Waals surface area contributed by atoms with Crippen LogP contribution < -0.4 is 4.90 Å². The largest absolute Gasteiger partial charge is 0.393 e. The molecular formula is C16H20N2O2. The highest BCUT2D eigenvalue weighted by Crippen LogP contribution is 2.31. The van der Waals surface area contributed by atoms with Gasteiger partial charge in [-0.05, 0) is 31.9 Å². The topological polar surface area (TPSA) is 56.6 Å². The Labute approximate surface area is 118 Å². The Morgan fingerprint density at radius 2 is 2.15 bits per heavy atom. The molecule has 0 bridgehead atoms. The second-order valence-corrected chi connectivity index (χ2v) is 5.71. The van der Waals surface area contributed by atoms with Gasteiger partial charge in [-0.1, -0.05) is 18.2 Å². The van der Waals surface area contributed by atoms with Crippen LogP contribution in [0.15, 0.2) is 30.3 Å². The number of para-hydroxylation sites is 1. The molecule has 1 atom stereocenters. The average Bonchev–Trinajstić information content (AvgIpc) is 2.46. The van der Waals surface area contributed by atoms with Gasteiger partial charge >= 0.3 is 0 Å². The van der Waals surface area contributed by atoms with E-state index in [0.29, 0.717) is 13.0 Å². The smallest absolute Gasteiger partial charge is 0.105 e. The molecule has 1 aliphatic rings. The number of fused-ring (bicyclic) bond motifs is 1. The van der Waals surface area contributed by atoms with Crippen LogP contribution in [-0.2, 0) is 0 Å². The van der Waals surface area contributed by atoms with Crippen molar-refractivity contribution in [1.29, 1.82) is 0 Å². The molecule has 1 aliphatic heterocycles. The third-order valence-corrected chi connectivity index (χ3v) is 4.01. The second-order valence-electron chi connectivity index (χ2n) is 5.71. The van der Waals surface area contributed by atoms with Gasteiger partial charge in [-0.15, -0.1) is 0 Å². The van der Waals surface area contributed by atoms with Crippen molar-refractivity contribution in [3.05, 3.63) is 36.0 Å². The minimum absolute atomic E-state index is 0.189. The van der Waals surface area contributed by atoms with Crippen molar-refractivity contribution >= 4 is 16.6 Å². The van der Waals surface area contributed by atoms with Gasteiger partial charge in [0.25, 0.3) is 0 Å². The number of benzene rings is 1. The van der Waals surface area contributed by atoms with Crippen molar-refractivity contribution in [2.75, 3.05) is 24.6 Å². The Hall–Kier alpha value is -1.65. The molecule has 0 spiro atoms. The second kappa shape index (κ2) is 5.04. The summed E-state index contributed by atoms with van der Waals surface area (Å²) < 4.78 is 0. The van der Waals surface area contributed by atoms with E-state index in [1.807, 2.05) is 25.1 Å². The van der Waals surface area contributed by atoms with Crippen LogP contribution in [0.2, 0.25) is 0 Å². The Morgan fingerprint density at radius 1 is 1.35 bits per heavy atom. The van der Waals surface area contributed by atoms with Gasteiger partial charge in [0.2, 0.25) is 0 Å². The Kier molecular flexibility index (Phi) is 3.36. The fourth-order valence-electron chi connectivity index (χ4n) is 2.99. The lowest BCUT2D eigenvalue weighted by molar-refractivity contribution is -0.0240. The van der Waals surface area contributed by atoms with Crippen LogP contribution >= 0.6 is 0 Å². The van der Waals surface area contributed by atoms with E-state index in [9.17, 15) is 10.2 Å². The van der Waals surface area contributed by atoms with E-state index in [-0.39, 0.29) is 6.61 Å². The number of β-amino-alcohol motifs (C(OH)–C–C–N with tert-alkyl or cyclic N) is 1. The van der Waals surface area contributed by atoms with Crippen molar-refractivity contribution in [3.8, 4) is 0 Å². The Balaban J connectivity index is 2.05. The molecule has 2 N–H and O–H groups in total. The molecule has 2 aromatic rings. The summed E-state index contributed by atoms with van der Waals surface area (Å²) in [6, 6.07) is 10.1. The number of piperidine rings is 1. The molecule has 0 saturated carbocycles. The molecule has 4 heteroatoms. The summed E-state index contributed by atoms with van der Waals surface area (Å²) in [4.78, 5) is 6.71. The zero-order chi connectivity index (χ0) is 14.2. The van der Waals surface area contributed by atoms with Crippen LogP contribution in [-0.4, -0.2) is 40.5 Å². The summed E-state index contributed by atoms with van der Waals surface area (Å²) in [5.74, 6) is 0. The SMILES string of the molecule is Cc1cc(N2CCCC(O)(CO)C2)c2ccccc2n1. The number of aromatic nitrogens is 1. The van der Waals surface area contributed by atoms with Gasteiger partial charge in [0.1, 0.15) is 5.60 Å². The molecule has 0 amide bonds. The van der Waals surface area contributed by atoms with Crippen molar-refractivity contribution in [3.63, 3.8) is 0 Å². The van der Waals surface area contributed by atoms with Gasteiger partial charge in [-0.2, -0.15) is 0 Å². The van der Waals surface area contributed by atoms with Crippen LogP contribution in [0.25, 0.3) is 10.9 Å². The van der Waals surface area contributed by atoms with E-state index in [2.05, 4.69) is 22.0 Å². The van der Waals surface area contributed by atoms with Gasteiger partial charge in [-0.3, -0.25) is 4.98 Å². The third-order valence-electron chi connectivity index (χ3n) is 4.01. The highest BCUT2D eigenvalue weighted by Gasteiger charge is 2.33. The number of hydrogen-bond donors (Lipinski definition) is 2. The summed E-state index contributed by atoms with van der Waals surface area (Å²) in [7, 11) is 0. The molecule has 1 unspecified atom stereocenters. The van der Waals surface area contributed by atoms with Crippen molar-refractivity contribution in [1.82, 2.24) is 4.98 Å². The van der Waals surface area contributed by atoms with Gasteiger partial charge in [0, 0.05) is 29.9 Å². The first kappa shape index (κ1) is 13.3. The number of aliphatic hydroxyl groups is 2. The molecule has 106 valence electrons. The minimum Gasteiger partial charge on any atom is -0.393 e. The van der Waals surface area contributed by atoms with E-state index in [4.69, 9.17) is 0 Å². The molecule has 4 nitrogen and oxygen atoms in total. The highest BCUT2D eigenvalue weighted by atomic mass is 16.3. The molecule has 2 heterocycles.